The van der Waals surface area contributed by atoms with Gasteiger partial charge in [0.2, 0.25) is 0 Å². The fraction of sp³-hybridized carbons (Fsp3) is 0.350. The highest BCUT2D eigenvalue weighted by Crippen LogP contribution is 2.22. The molecule has 0 saturated heterocycles. The van der Waals surface area contributed by atoms with E-state index in [1.165, 1.54) is 12.1 Å². The molecule has 2 N–H and O–H groups in total. The van der Waals surface area contributed by atoms with Crippen LogP contribution < -0.4 is 10.2 Å². The van der Waals surface area contributed by atoms with Gasteiger partial charge in [-0.05, 0) is 56.7 Å². The third kappa shape index (κ3) is 5.43. The first-order valence-electron chi connectivity index (χ1n) is 8.81. The number of hydrogen-bond donors (Lipinski definition) is 2. The summed E-state index contributed by atoms with van der Waals surface area (Å²) in [6.07, 6.45) is 0. The van der Waals surface area contributed by atoms with Gasteiger partial charge in [0.1, 0.15) is 11.5 Å². The number of hydrogen-bond acceptors (Lipinski definition) is 5. The maximum atomic E-state index is 12.7. The number of aromatic nitrogens is 1. The molecule has 0 aliphatic rings. The van der Waals surface area contributed by atoms with Crippen molar-refractivity contribution in [3.8, 4) is 0 Å². The quantitative estimate of drug-likeness (QED) is 0.693. The third-order valence-corrected chi connectivity index (χ3v) is 4.40. The summed E-state index contributed by atoms with van der Waals surface area (Å²) < 4.78 is 5.15. The number of nitrogens with zero attached hydrogens (tertiary/aromatic N) is 2. The molecule has 0 aliphatic carbocycles. The molecule has 7 nitrogen and oxygen atoms in total. The van der Waals surface area contributed by atoms with E-state index >= 15 is 0 Å². The molecule has 0 atom stereocenters. The number of aromatic carboxylic acids is 1. The molecule has 1 aromatic heterocycles. The Morgan fingerprint density at radius 3 is 2.57 bits per heavy atom. The summed E-state index contributed by atoms with van der Waals surface area (Å²) in [5.41, 5.74) is 1.39. The lowest BCUT2D eigenvalue weighted by Gasteiger charge is -2.28. The van der Waals surface area contributed by atoms with Crippen LogP contribution in [0.5, 0.6) is 0 Å². The average Bonchev–Trinajstić information content (AvgIpc) is 2.61. The predicted octanol–water partition coefficient (Wildman–Crippen LogP) is 3.86. The molecule has 2 aromatic rings. The minimum atomic E-state index is -1.01. The number of rotatable bonds is 8. The van der Waals surface area contributed by atoms with Crippen molar-refractivity contribution in [1.29, 1.82) is 0 Å². The number of carboxylic acid groups (broad SMARTS) is 1. The van der Waals surface area contributed by atoms with Crippen molar-refractivity contribution in [3.05, 3.63) is 52.2 Å². The highest BCUT2D eigenvalue weighted by atomic mass is 35.5. The monoisotopic (exact) mass is 405 g/mol. The zero-order valence-corrected chi connectivity index (χ0v) is 17.1. The number of carbonyl (C=O) groups is 2. The lowest BCUT2D eigenvalue weighted by atomic mass is 10.1. The van der Waals surface area contributed by atoms with Crippen molar-refractivity contribution in [3.63, 3.8) is 0 Å². The van der Waals surface area contributed by atoms with Gasteiger partial charge in [0.25, 0.3) is 5.91 Å². The van der Waals surface area contributed by atoms with E-state index in [1.54, 1.807) is 32.2 Å². The highest BCUT2D eigenvalue weighted by molar-refractivity contribution is 6.31. The molecule has 150 valence electrons. The largest absolute Gasteiger partial charge is 0.478 e. The number of nitrogens with one attached hydrogen (secondary N) is 1. The van der Waals surface area contributed by atoms with Crippen molar-refractivity contribution in [2.24, 2.45) is 0 Å². The number of carbonyl (C=O) groups excluding carboxylic acids is 1. The number of amides is 1. The second-order valence-corrected chi connectivity index (χ2v) is 7.03. The number of anilines is 2. The van der Waals surface area contributed by atoms with Gasteiger partial charge in [0.15, 0.2) is 0 Å². The minimum Gasteiger partial charge on any atom is -0.478 e. The first kappa shape index (κ1) is 21.7. The fourth-order valence-corrected chi connectivity index (χ4v) is 2.95. The minimum absolute atomic E-state index is 0.142. The van der Waals surface area contributed by atoms with Crippen LogP contribution in [-0.4, -0.2) is 48.3 Å². The standard InChI is InChI=1S/C20H24ClN3O4/c1-12(2)24(7-8-28-4)18-11-14(21)10-17(23-18)19(25)22-15-5-6-16(20(26)27)13(3)9-15/h5-6,9-12H,7-8H2,1-4H3,(H,22,25)(H,26,27). The normalized spacial score (nSPS) is 10.8. The van der Waals surface area contributed by atoms with Crippen LogP contribution in [0, 0.1) is 6.92 Å². The summed E-state index contributed by atoms with van der Waals surface area (Å²) in [7, 11) is 1.63. The Hall–Kier alpha value is -2.64. The Morgan fingerprint density at radius 2 is 2.00 bits per heavy atom. The molecule has 2 rings (SSSR count). The van der Waals surface area contributed by atoms with Crippen molar-refractivity contribution in [2.45, 2.75) is 26.8 Å². The topological polar surface area (TPSA) is 91.8 Å². The van der Waals surface area contributed by atoms with Crippen molar-refractivity contribution >= 4 is 35.0 Å². The lowest BCUT2D eigenvalue weighted by Crippen LogP contribution is -2.35. The number of carboxylic acids is 1. The van der Waals surface area contributed by atoms with Crippen molar-refractivity contribution < 1.29 is 19.4 Å². The SMILES string of the molecule is COCCN(c1cc(Cl)cc(C(=O)Nc2ccc(C(=O)O)c(C)c2)n1)C(C)C. The van der Waals surface area contributed by atoms with E-state index in [0.29, 0.717) is 35.2 Å². The number of pyridine rings is 1. The Labute approximate surface area is 169 Å². The molecule has 0 radical (unpaired) electrons. The van der Waals surface area contributed by atoms with E-state index in [4.69, 9.17) is 21.4 Å². The van der Waals surface area contributed by atoms with E-state index in [-0.39, 0.29) is 17.3 Å². The maximum absolute atomic E-state index is 12.7. The van der Waals surface area contributed by atoms with Crippen LogP contribution in [0.3, 0.4) is 0 Å². The average molecular weight is 406 g/mol. The summed E-state index contributed by atoms with van der Waals surface area (Å²) in [6, 6.07) is 7.94. The van der Waals surface area contributed by atoms with Gasteiger partial charge in [-0.15, -0.1) is 0 Å². The second-order valence-electron chi connectivity index (χ2n) is 6.60. The molecule has 0 unspecified atom stereocenters. The van der Waals surface area contributed by atoms with Crippen LogP contribution in [-0.2, 0) is 4.74 Å². The van der Waals surface area contributed by atoms with Crippen LogP contribution in [0.1, 0.15) is 40.3 Å². The van der Waals surface area contributed by atoms with Gasteiger partial charge in [-0.25, -0.2) is 9.78 Å². The maximum Gasteiger partial charge on any atom is 0.335 e. The van der Waals surface area contributed by atoms with Gasteiger partial charge in [0, 0.05) is 30.4 Å². The Balaban J connectivity index is 2.27. The van der Waals surface area contributed by atoms with Crippen LogP contribution in [0.25, 0.3) is 0 Å². The molecule has 0 saturated carbocycles. The van der Waals surface area contributed by atoms with E-state index in [2.05, 4.69) is 10.3 Å². The van der Waals surface area contributed by atoms with Gasteiger partial charge in [-0.1, -0.05) is 11.6 Å². The Morgan fingerprint density at radius 1 is 1.29 bits per heavy atom. The van der Waals surface area contributed by atoms with E-state index in [0.717, 1.165) is 0 Å². The van der Waals surface area contributed by atoms with Gasteiger partial charge in [-0.3, -0.25) is 4.79 Å². The van der Waals surface area contributed by atoms with Crippen LogP contribution >= 0.6 is 11.6 Å². The summed E-state index contributed by atoms with van der Waals surface area (Å²) in [5, 5.41) is 12.2. The summed E-state index contributed by atoms with van der Waals surface area (Å²) in [4.78, 5) is 30.2. The lowest BCUT2D eigenvalue weighted by molar-refractivity contribution is 0.0696. The molecule has 1 heterocycles. The van der Waals surface area contributed by atoms with Crippen LogP contribution in [0.15, 0.2) is 30.3 Å². The summed E-state index contributed by atoms with van der Waals surface area (Å²) in [6.45, 7) is 6.84. The first-order valence-corrected chi connectivity index (χ1v) is 9.19. The third-order valence-electron chi connectivity index (χ3n) is 4.18. The molecule has 8 heteroatoms. The zero-order chi connectivity index (χ0) is 20.8. The molecule has 28 heavy (non-hydrogen) atoms. The Bertz CT molecular complexity index is 871. The molecule has 0 fully saturated rings. The summed E-state index contributed by atoms with van der Waals surface area (Å²) in [5.74, 6) is -0.856. The number of aryl methyl sites for hydroxylation is 1. The van der Waals surface area contributed by atoms with E-state index in [1.807, 2.05) is 18.7 Å². The number of methoxy groups -OCH3 is 1. The van der Waals surface area contributed by atoms with E-state index in [9.17, 15) is 9.59 Å². The molecule has 0 bridgehead atoms. The second kappa shape index (κ2) is 9.52. The summed E-state index contributed by atoms with van der Waals surface area (Å²) >= 11 is 6.22. The smallest absolute Gasteiger partial charge is 0.335 e. The van der Waals surface area contributed by atoms with Gasteiger partial charge < -0.3 is 20.1 Å². The van der Waals surface area contributed by atoms with Gasteiger partial charge >= 0.3 is 5.97 Å². The van der Waals surface area contributed by atoms with Gasteiger partial charge in [0.05, 0.1) is 12.2 Å². The number of ether oxygens (including phenoxy) is 1. The molecule has 1 amide bonds. The van der Waals surface area contributed by atoms with Crippen LogP contribution in [0.4, 0.5) is 11.5 Å². The number of benzene rings is 1. The zero-order valence-electron chi connectivity index (χ0n) is 16.3. The molecular weight excluding hydrogens is 382 g/mol. The molecular formula is C20H24ClN3O4. The fourth-order valence-electron chi connectivity index (χ4n) is 2.75. The van der Waals surface area contributed by atoms with Crippen molar-refractivity contribution in [2.75, 3.05) is 30.5 Å². The first-order chi connectivity index (χ1) is 13.2. The Kier molecular flexibility index (Phi) is 7.37. The highest BCUT2D eigenvalue weighted by Gasteiger charge is 2.17. The van der Waals surface area contributed by atoms with Crippen LogP contribution in [0.2, 0.25) is 5.02 Å². The van der Waals surface area contributed by atoms with Gasteiger partial charge in [-0.2, -0.15) is 0 Å². The molecule has 0 aliphatic heterocycles. The van der Waals surface area contributed by atoms with E-state index < -0.39 is 11.9 Å². The predicted molar refractivity (Wildman–Crippen MR) is 110 cm³/mol. The molecule has 0 spiro atoms. The molecule has 1 aromatic carbocycles. The van der Waals surface area contributed by atoms with Crippen molar-refractivity contribution in [1.82, 2.24) is 4.98 Å². The number of halogens is 1.